The van der Waals surface area contributed by atoms with E-state index in [9.17, 15) is 0 Å². The minimum atomic E-state index is -0.805. The minimum absolute atomic E-state index is 0.0267. The van der Waals surface area contributed by atoms with E-state index in [0.29, 0.717) is 13.2 Å². The Morgan fingerprint density at radius 2 is 0.905 bits per heavy atom. The Balaban J connectivity index is 1.35. The molecule has 218 valence electrons. The van der Waals surface area contributed by atoms with Crippen LogP contribution in [-0.4, -0.2) is 22.0 Å². The molecule has 6 rings (SSSR count). The van der Waals surface area contributed by atoms with Crippen LogP contribution in [0.3, 0.4) is 0 Å². The summed E-state index contributed by atoms with van der Waals surface area (Å²) in [4.78, 5) is 0. The Labute approximate surface area is 252 Å². The van der Waals surface area contributed by atoms with Gasteiger partial charge in [0.1, 0.15) is 36.2 Å². The second-order valence-electron chi connectivity index (χ2n) is 12.9. The summed E-state index contributed by atoms with van der Waals surface area (Å²) in [5.41, 5.74) is 2.30. The zero-order valence-corrected chi connectivity index (χ0v) is 27.1. The predicted octanol–water partition coefficient (Wildman–Crippen LogP) is 8.79. The first-order chi connectivity index (χ1) is 20.1. The summed E-state index contributed by atoms with van der Waals surface area (Å²) in [7, 11) is -1.61. The maximum atomic E-state index is 6.95. The van der Waals surface area contributed by atoms with Crippen molar-refractivity contribution in [2.75, 3.05) is 0 Å². The third-order valence-electron chi connectivity index (χ3n) is 7.57. The van der Waals surface area contributed by atoms with Gasteiger partial charge in [-0.05, 0) is 61.5 Å². The van der Waals surface area contributed by atoms with Crippen LogP contribution in [0.15, 0.2) is 97.1 Å². The lowest BCUT2D eigenvalue weighted by molar-refractivity contribution is 0.171. The van der Waals surface area contributed by atoms with Crippen molar-refractivity contribution < 1.29 is 18.9 Å². The molecule has 2 aliphatic rings. The minimum Gasteiger partial charge on any atom is -0.488 e. The van der Waals surface area contributed by atoms with E-state index in [4.69, 9.17) is 18.9 Å². The Bertz CT molecular complexity index is 1410. The van der Waals surface area contributed by atoms with Crippen LogP contribution in [0.4, 0.5) is 0 Å². The molecule has 0 unspecified atom stereocenters. The summed E-state index contributed by atoms with van der Waals surface area (Å²) in [6, 6.07) is 33.2. The van der Waals surface area contributed by atoms with Crippen molar-refractivity contribution in [2.24, 2.45) is 0 Å². The summed E-state index contributed by atoms with van der Waals surface area (Å²) in [6.07, 6.45) is 0. The molecule has 0 N–H and O–H groups in total. The quantitative estimate of drug-likeness (QED) is 0.199. The summed E-state index contributed by atoms with van der Waals surface area (Å²) in [6.45, 7) is 15.0. The Morgan fingerprint density at radius 3 is 1.26 bits per heavy atom. The van der Waals surface area contributed by atoms with Crippen molar-refractivity contribution in [3.63, 3.8) is 0 Å². The highest BCUT2D eigenvalue weighted by Crippen LogP contribution is 2.69. The van der Waals surface area contributed by atoms with Gasteiger partial charge in [-0.2, -0.15) is 0 Å². The highest BCUT2D eigenvalue weighted by Gasteiger charge is 2.55. The molecular weight excluding hydrogens is 558 g/mol. The Kier molecular flexibility index (Phi) is 7.99. The fourth-order valence-electron chi connectivity index (χ4n) is 5.80. The number of rotatable bonds is 7. The number of ether oxygens (including phenoxy) is 4. The largest absolute Gasteiger partial charge is 0.488 e. The molecule has 0 saturated heterocycles. The van der Waals surface area contributed by atoms with Crippen LogP contribution in [0.25, 0.3) is 0 Å². The van der Waals surface area contributed by atoms with Crippen LogP contribution >= 0.6 is 15.8 Å². The van der Waals surface area contributed by atoms with E-state index in [1.54, 1.807) is 0 Å². The van der Waals surface area contributed by atoms with Gasteiger partial charge in [0, 0.05) is 0 Å². The molecule has 4 aromatic rings. The molecule has 0 aromatic heterocycles. The molecular formula is C36H40O4P2. The Morgan fingerprint density at radius 1 is 0.524 bits per heavy atom. The van der Waals surface area contributed by atoms with Gasteiger partial charge in [0.2, 0.25) is 0 Å². The lowest BCUT2D eigenvalue weighted by Crippen LogP contribution is -2.38. The van der Waals surface area contributed by atoms with Crippen LogP contribution in [-0.2, 0) is 13.2 Å². The molecule has 6 heteroatoms. The van der Waals surface area contributed by atoms with Gasteiger partial charge in [0.25, 0.3) is 0 Å². The molecule has 0 radical (unpaired) electrons. The average Bonchev–Trinajstić information content (AvgIpc) is 3.56. The first kappa shape index (κ1) is 29.0. The highest BCUT2D eigenvalue weighted by atomic mass is 31.1. The number of fused-ring (bicyclic) bond motifs is 2. The standard InChI is InChI=1S/C36H40O4P2/c1-35(2,3)41-31-27(37-23-25-15-9-7-10-16-25)19-13-21-29(31)39-33(41)34-40-30-22-14-20-28(32(30)42(34)36(4,5)6)38-24-26-17-11-8-12-18-26/h7-22,33-34H,23-24H2,1-6H3/t33-,34-,41+,42+/m1/s1. The van der Waals surface area contributed by atoms with Gasteiger partial charge in [-0.1, -0.05) is 114 Å². The van der Waals surface area contributed by atoms with Crippen molar-refractivity contribution in [3.8, 4) is 23.0 Å². The average molecular weight is 599 g/mol. The molecule has 2 heterocycles. The smallest absolute Gasteiger partial charge is 0.162 e. The molecule has 2 aliphatic heterocycles. The lowest BCUT2D eigenvalue weighted by Gasteiger charge is -2.39. The van der Waals surface area contributed by atoms with Crippen molar-refractivity contribution in [3.05, 3.63) is 108 Å². The van der Waals surface area contributed by atoms with Crippen molar-refractivity contribution in [1.82, 2.24) is 0 Å². The third kappa shape index (κ3) is 5.77. The first-order valence-corrected chi connectivity index (χ1v) is 17.4. The first-order valence-electron chi connectivity index (χ1n) is 14.6. The van der Waals surface area contributed by atoms with Crippen LogP contribution in [0, 0.1) is 0 Å². The zero-order valence-electron chi connectivity index (χ0n) is 25.3. The van der Waals surface area contributed by atoms with Gasteiger partial charge in [-0.15, -0.1) is 0 Å². The molecule has 0 amide bonds. The van der Waals surface area contributed by atoms with Crippen molar-refractivity contribution in [1.29, 1.82) is 0 Å². The third-order valence-corrected chi connectivity index (χ3v) is 14.3. The van der Waals surface area contributed by atoms with Gasteiger partial charge in [-0.25, -0.2) is 0 Å². The maximum absolute atomic E-state index is 6.95. The molecule has 0 fully saturated rings. The number of hydrogen-bond acceptors (Lipinski definition) is 4. The summed E-state index contributed by atoms with van der Waals surface area (Å²) in [5.74, 6) is 3.49. The highest BCUT2D eigenvalue weighted by molar-refractivity contribution is 7.72. The van der Waals surface area contributed by atoms with Crippen LogP contribution in [0.1, 0.15) is 52.7 Å². The molecule has 0 saturated carbocycles. The second kappa shape index (κ2) is 11.6. The molecule has 0 bridgehead atoms. The van der Waals surface area contributed by atoms with Gasteiger partial charge >= 0.3 is 0 Å². The maximum Gasteiger partial charge on any atom is 0.162 e. The number of benzene rings is 4. The molecule has 42 heavy (non-hydrogen) atoms. The topological polar surface area (TPSA) is 36.9 Å². The van der Waals surface area contributed by atoms with Gasteiger partial charge in [0.05, 0.1) is 10.6 Å². The zero-order chi connectivity index (χ0) is 29.5. The summed E-state index contributed by atoms with van der Waals surface area (Å²) >= 11 is 0. The second-order valence-corrected chi connectivity index (χ2v) is 18.9. The fraction of sp³-hybridized carbons (Fsp3) is 0.333. The van der Waals surface area contributed by atoms with E-state index in [-0.39, 0.29) is 22.0 Å². The SMILES string of the molecule is CC(C)(C)[P@@]1c2c(OCc3ccccc3)cccc2O[C@H]1[C@@H]1Oc2cccc(OCc3ccccc3)c2[P@]1C(C)(C)C. The van der Waals surface area contributed by atoms with Crippen LogP contribution in [0.2, 0.25) is 0 Å². The number of hydrogen-bond donors (Lipinski definition) is 0. The molecule has 0 aliphatic carbocycles. The summed E-state index contributed by atoms with van der Waals surface area (Å²) in [5, 5.41) is 2.37. The van der Waals surface area contributed by atoms with Gasteiger partial charge in [0.15, 0.2) is 11.7 Å². The van der Waals surface area contributed by atoms with E-state index in [0.717, 1.165) is 34.1 Å². The lowest BCUT2D eigenvalue weighted by atomic mass is 10.2. The van der Waals surface area contributed by atoms with E-state index in [2.05, 4.69) is 114 Å². The van der Waals surface area contributed by atoms with Crippen LogP contribution < -0.4 is 29.6 Å². The van der Waals surface area contributed by atoms with E-state index in [1.165, 1.54) is 10.6 Å². The van der Waals surface area contributed by atoms with Crippen molar-refractivity contribution >= 4 is 26.5 Å². The van der Waals surface area contributed by atoms with Gasteiger partial charge in [-0.3, -0.25) is 0 Å². The van der Waals surface area contributed by atoms with Gasteiger partial charge < -0.3 is 18.9 Å². The monoisotopic (exact) mass is 598 g/mol. The van der Waals surface area contributed by atoms with E-state index >= 15 is 0 Å². The van der Waals surface area contributed by atoms with E-state index < -0.39 is 15.8 Å². The Hall–Kier alpha value is -3.06. The normalized spacial score (nSPS) is 21.2. The summed E-state index contributed by atoms with van der Waals surface area (Å²) < 4.78 is 26.9. The van der Waals surface area contributed by atoms with Crippen LogP contribution in [0.5, 0.6) is 23.0 Å². The molecule has 0 spiro atoms. The molecule has 4 nitrogen and oxygen atoms in total. The molecule has 4 aromatic carbocycles. The predicted molar refractivity (Wildman–Crippen MR) is 176 cm³/mol. The molecule has 4 atom stereocenters. The van der Waals surface area contributed by atoms with Crippen molar-refractivity contribution in [2.45, 2.75) is 76.8 Å². The van der Waals surface area contributed by atoms with E-state index in [1.807, 2.05) is 24.3 Å². The fourth-order valence-corrected chi connectivity index (χ4v) is 12.5.